The third-order valence-corrected chi connectivity index (χ3v) is 4.12. The van der Waals surface area contributed by atoms with Crippen LogP contribution in [0.15, 0.2) is 47.4 Å². The second kappa shape index (κ2) is 7.45. The van der Waals surface area contributed by atoms with E-state index in [1.807, 2.05) is 0 Å². The smallest absolute Gasteiger partial charge is 0.293 e. The molecule has 0 heterocycles. The molecule has 0 fully saturated rings. The SMILES string of the molecule is CC(COc1ccc(F)cc1)Nc1ccc(S(N)(=O)=O)cc1[N+](=O)[O-]. The highest BCUT2D eigenvalue weighted by Gasteiger charge is 2.20. The number of ether oxygens (including phenoxy) is 1. The first kappa shape index (κ1) is 18.6. The van der Waals surface area contributed by atoms with Gasteiger partial charge >= 0.3 is 0 Å². The lowest BCUT2D eigenvalue weighted by atomic mass is 10.2. The average molecular weight is 369 g/mol. The number of primary sulfonamides is 1. The number of benzene rings is 2. The van der Waals surface area contributed by atoms with Crippen LogP contribution in [0.3, 0.4) is 0 Å². The molecule has 0 aliphatic carbocycles. The molecule has 25 heavy (non-hydrogen) atoms. The summed E-state index contributed by atoms with van der Waals surface area (Å²) < 4.78 is 40.9. The van der Waals surface area contributed by atoms with Crippen molar-refractivity contribution in [2.75, 3.05) is 11.9 Å². The van der Waals surface area contributed by atoms with E-state index < -0.39 is 20.6 Å². The summed E-state index contributed by atoms with van der Waals surface area (Å²) in [5.74, 6) is 0.0678. The fourth-order valence-corrected chi connectivity index (χ4v) is 2.55. The molecule has 2 aromatic rings. The summed E-state index contributed by atoms with van der Waals surface area (Å²) in [4.78, 5) is 10.1. The van der Waals surface area contributed by atoms with Gasteiger partial charge in [0.15, 0.2) is 0 Å². The van der Waals surface area contributed by atoms with E-state index in [9.17, 15) is 22.9 Å². The van der Waals surface area contributed by atoms with Crippen LogP contribution in [-0.4, -0.2) is 26.0 Å². The summed E-state index contributed by atoms with van der Waals surface area (Å²) in [6.45, 7) is 1.88. The van der Waals surface area contributed by atoms with Crippen LogP contribution in [0.4, 0.5) is 15.8 Å². The Labute approximate surface area is 143 Å². The molecule has 2 rings (SSSR count). The van der Waals surface area contributed by atoms with E-state index in [2.05, 4.69) is 5.32 Å². The monoisotopic (exact) mass is 369 g/mol. The Morgan fingerprint density at radius 2 is 1.92 bits per heavy atom. The highest BCUT2D eigenvalue weighted by molar-refractivity contribution is 7.89. The summed E-state index contributed by atoms with van der Waals surface area (Å²) in [6, 6.07) is 8.44. The number of halogens is 1. The summed E-state index contributed by atoms with van der Waals surface area (Å²) in [5, 5.41) is 19.0. The molecule has 1 unspecified atom stereocenters. The lowest BCUT2D eigenvalue weighted by molar-refractivity contribution is -0.384. The number of nitrogens with one attached hydrogen (secondary N) is 1. The highest BCUT2D eigenvalue weighted by Crippen LogP contribution is 2.27. The highest BCUT2D eigenvalue weighted by atomic mass is 32.2. The molecule has 1 atom stereocenters. The van der Waals surface area contributed by atoms with Crippen LogP contribution in [-0.2, 0) is 10.0 Å². The van der Waals surface area contributed by atoms with E-state index in [1.54, 1.807) is 6.92 Å². The van der Waals surface area contributed by atoms with Gasteiger partial charge in [0.05, 0.1) is 15.9 Å². The molecule has 0 saturated heterocycles. The van der Waals surface area contributed by atoms with Crippen molar-refractivity contribution in [3.63, 3.8) is 0 Å². The van der Waals surface area contributed by atoms with Gasteiger partial charge in [-0.15, -0.1) is 0 Å². The second-order valence-electron chi connectivity index (χ2n) is 5.29. The molecular formula is C15H16FN3O5S. The van der Waals surface area contributed by atoms with E-state index >= 15 is 0 Å². The number of nitrogens with two attached hydrogens (primary N) is 1. The minimum atomic E-state index is -4.04. The molecule has 0 radical (unpaired) electrons. The molecule has 134 valence electrons. The first-order chi connectivity index (χ1) is 11.7. The lowest BCUT2D eigenvalue weighted by Crippen LogP contribution is -2.24. The predicted molar refractivity (Wildman–Crippen MR) is 89.4 cm³/mol. The van der Waals surface area contributed by atoms with E-state index in [0.29, 0.717) is 5.75 Å². The van der Waals surface area contributed by atoms with Gasteiger partial charge in [0.2, 0.25) is 10.0 Å². The maximum Gasteiger partial charge on any atom is 0.293 e. The standard InChI is InChI=1S/C15H16FN3O5S/c1-10(9-24-12-4-2-11(16)3-5-12)18-14-7-6-13(25(17,22)23)8-15(14)19(20)21/h2-8,10,18H,9H2,1H3,(H2,17,22,23). The van der Waals surface area contributed by atoms with Crippen LogP contribution in [0.25, 0.3) is 0 Å². The van der Waals surface area contributed by atoms with Crippen molar-refractivity contribution in [2.24, 2.45) is 5.14 Å². The Bertz CT molecular complexity index is 871. The number of rotatable bonds is 7. The summed E-state index contributed by atoms with van der Waals surface area (Å²) in [5.41, 5.74) is -0.284. The molecule has 0 saturated carbocycles. The number of anilines is 1. The molecule has 8 nitrogen and oxygen atoms in total. The van der Waals surface area contributed by atoms with Crippen molar-refractivity contribution in [3.05, 3.63) is 58.4 Å². The van der Waals surface area contributed by atoms with E-state index in [1.165, 1.54) is 36.4 Å². The van der Waals surface area contributed by atoms with Gasteiger partial charge in [0, 0.05) is 6.07 Å². The van der Waals surface area contributed by atoms with Crippen molar-refractivity contribution in [1.82, 2.24) is 0 Å². The molecule has 0 spiro atoms. The first-order valence-electron chi connectivity index (χ1n) is 7.13. The first-order valence-corrected chi connectivity index (χ1v) is 8.67. The van der Waals surface area contributed by atoms with Crippen LogP contribution in [0.2, 0.25) is 0 Å². The molecule has 3 N–H and O–H groups in total. The van der Waals surface area contributed by atoms with Gasteiger partial charge in [0.1, 0.15) is 23.9 Å². The van der Waals surface area contributed by atoms with Crippen molar-refractivity contribution < 1.29 is 22.5 Å². The Kier molecular flexibility index (Phi) is 5.55. The van der Waals surface area contributed by atoms with Crippen LogP contribution >= 0.6 is 0 Å². The van der Waals surface area contributed by atoms with Gasteiger partial charge in [-0.05, 0) is 43.3 Å². The zero-order chi connectivity index (χ0) is 18.6. The molecule has 0 aliphatic heterocycles. The Balaban J connectivity index is 2.10. The number of nitro groups is 1. The third kappa shape index (κ3) is 5.13. The van der Waals surface area contributed by atoms with Crippen molar-refractivity contribution in [1.29, 1.82) is 0 Å². The molecule has 2 aromatic carbocycles. The molecule has 0 amide bonds. The van der Waals surface area contributed by atoms with Crippen molar-refractivity contribution in [3.8, 4) is 5.75 Å². The topological polar surface area (TPSA) is 125 Å². The average Bonchev–Trinajstić information content (AvgIpc) is 2.53. The van der Waals surface area contributed by atoms with Crippen LogP contribution < -0.4 is 15.2 Å². The maximum atomic E-state index is 12.8. The van der Waals surface area contributed by atoms with Crippen LogP contribution in [0, 0.1) is 15.9 Å². The quantitative estimate of drug-likeness (QED) is 0.570. The van der Waals surface area contributed by atoms with E-state index in [4.69, 9.17) is 9.88 Å². The minimum Gasteiger partial charge on any atom is -0.491 e. The van der Waals surface area contributed by atoms with Crippen molar-refractivity contribution in [2.45, 2.75) is 17.9 Å². The Morgan fingerprint density at radius 1 is 1.28 bits per heavy atom. The van der Waals surface area contributed by atoms with Gasteiger partial charge < -0.3 is 10.1 Å². The number of hydrogen-bond donors (Lipinski definition) is 2. The van der Waals surface area contributed by atoms with Gasteiger partial charge in [-0.3, -0.25) is 10.1 Å². The van der Waals surface area contributed by atoms with Gasteiger partial charge in [0.25, 0.3) is 5.69 Å². The number of hydrogen-bond acceptors (Lipinski definition) is 6. The summed E-state index contributed by atoms with van der Waals surface area (Å²) in [7, 11) is -4.04. The number of sulfonamides is 1. The van der Waals surface area contributed by atoms with E-state index in [-0.39, 0.29) is 29.0 Å². The zero-order valence-electron chi connectivity index (χ0n) is 13.2. The van der Waals surface area contributed by atoms with Gasteiger partial charge in [-0.2, -0.15) is 0 Å². The lowest BCUT2D eigenvalue weighted by Gasteiger charge is -2.16. The molecule has 0 aromatic heterocycles. The summed E-state index contributed by atoms with van der Waals surface area (Å²) in [6.07, 6.45) is 0. The van der Waals surface area contributed by atoms with E-state index in [0.717, 1.165) is 6.07 Å². The summed E-state index contributed by atoms with van der Waals surface area (Å²) >= 11 is 0. The number of nitrogens with zero attached hydrogens (tertiary/aromatic N) is 1. The molecule has 0 bridgehead atoms. The second-order valence-corrected chi connectivity index (χ2v) is 6.85. The fraction of sp³-hybridized carbons (Fsp3) is 0.200. The normalized spacial score (nSPS) is 12.4. The molecule has 10 heteroatoms. The maximum absolute atomic E-state index is 12.8. The number of nitro benzene ring substituents is 1. The molecular weight excluding hydrogens is 353 g/mol. The van der Waals surface area contributed by atoms with Gasteiger partial charge in [-0.25, -0.2) is 17.9 Å². The predicted octanol–water partition coefficient (Wildman–Crippen LogP) is 2.26. The minimum absolute atomic E-state index is 0.132. The third-order valence-electron chi connectivity index (χ3n) is 3.21. The van der Waals surface area contributed by atoms with Crippen molar-refractivity contribution >= 4 is 21.4 Å². The van der Waals surface area contributed by atoms with Gasteiger partial charge in [-0.1, -0.05) is 0 Å². The zero-order valence-corrected chi connectivity index (χ0v) is 14.0. The fourth-order valence-electron chi connectivity index (χ4n) is 2.02. The van der Waals surface area contributed by atoms with Crippen LogP contribution in [0.5, 0.6) is 5.75 Å². The molecule has 0 aliphatic rings. The largest absolute Gasteiger partial charge is 0.491 e. The van der Waals surface area contributed by atoms with Crippen LogP contribution in [0.1, 0.15) is 6.92 Å². The Morgan fingerprint density at radius 3 is 2.48 bits per heavy atom. The Hall–Kier alpha value is -2.72.